The number of methoxy groups -OCH3 is 1. The van der Waals surface area contributed by atoms with Crippen molar-refractivity contribution in [2.75, 3.05) is 20.3 Å². The van der Waals surface area contributed by atoms with Crippen molar-refractivity contribution in [2.45, 2.75) is 31.2 Å². The third kappa shape index (κ3) is 4.35. The Balaban J connectivity index is 1.72. The second kappa shape index (κ2) is 8.53. The van der Waals surface area contributed by atoms with Crippen LogP contribution in [-0.2, 0) is 21.7 Å². The molecule has 0 saturated heterocycles. The Kier molecular flexibility index (Phi) is 6.13. The molecular formula is C19H23N3O3S. The van der Waals surface area contributed by atoms with Crippen molar-refractivity contribution < 1.29 is 14.0 Å². The normalized spacial score (nSPS) is 12.5. The molecule has 0 aliphatic carbocycles. The molecule has 1 N–H and O–H groups in total. The molecule has 1 aromatic carbocycles. The highest BCUT2D eigenvalue weighted by atomic mass is 32.2. The van der Waals surface area contributed by atoms with Gasteiger partial charge in [-0.15, -0.1) is 0 Å². The van der Waals surface area contributed by atoms with E-state index >= 15 is 0 Å². The van der Waals surface area contributed by atoms with Gasteiger partial charge in [0.15, 0.2) is 5.75 Å². The van der Waals surface area contributed by atoms with Crippen LogP contribution in [0.15, 0.2) is 35.6 Å². The Morgan fingerprint density at radius 2 is 2.04 bits per heavy atom. The number of fused-ring (bicyclic) bond motifs is 1. The minimum atomic E-state index is -1.31. The lowest BCUT2D eigenvalue weighted by atomic mass is 10.2. The summed E-state index contributed by atoms with van der Waals surface area (Å²) in [6.07, 6.45) is 2.51. The molecule has 1 atom stereocenters. The number of imidazole rings is 1. The molecule has 3 aromatic rings. The molecule has 2 aromatic heterocycles. The fourth-order valence-electron chi connectivity index (χ4n) is 2.65. The summed E-state index contributed by atoms with van der Waals surface area (Å²) in [5.74, 6) is 1.06. The maximum absolute atomic E-state index is 12.8. The Labute approximate surface area is 156 Å². The van der Waals surface area contributed by atoms with E-state index in [9.17, 15) is 4.55 Å². The quantitative estimate of drug-likeness (QED) is 0.484. The second-order valence-electron chi connectivity index (χ2n) is 6.13. The molecule has 3 rings (SSSR count). The minimum Gasteiger partial charge on any atom is -0.609 e. The standard InChI is InChI=1S/C19H23N3O3S/c1-13-5-6-15-16(11-13)22-19(21-15)26(23)12-17-14(2)18(7-8-20-17)25-10-4-9-24-3/h5-8,11H,4,9-10,12H2,1-3H3,(H,21,22). The van der Waals surface area contributed by atoms with E-state index in [-0.39, 0.29) is 0 Å². The van der Waals surface area contributed by atoms with Gasteiger partial charge < -0.3 is 14.0 Å². The maximum Gasteiger partial charge on any atom is 0.322 e. The minimum absolute atomic E-state index is 0.292. The van der Waals surface area contributed by atoms with E-state index < -0.39 is 11.2 Å². The third-order valence-electron chi connectivity index (χ3n) is 4.11. The zero-order chi connectivity index (χ0) is 18.5. The summed E-state index contributed by atoms with van der Waals surface area (Å²) >= 11 is -1.31. The summed E-state index contributed by atoms with van der Waals surface area (Å²) < 4.78 is 23.6. The van der Waals surface area contributed by atoms with E-state index in [2.05, 4.69) is 15.0 Å². The first-order valence-electron chi connectivity index (χ1n) is 8.49. The van der Waals surface area contributed by atoms with Crippen molar-refractivity contribution in [1.29, 1.82) is 0 Å². The largest absolute Gasteiger partial charge is 0.609 e. The zero-order valence-corrected chi connectivity index (χ0v) is 16.1. The summed E-state index contributed by atoms with van der Waals surface area (Å²) in [5, 5.41) is 0.471. The van der Waals surface area contributed by atoms with E-state index in [1.807, 2.05) is 38.1 Å². The summed E-state index contributed by atoms with van der Waals surface area (Å²) in [7, 11) is 1.67. The fraction of sp³-hybridized carbons (Fsp3) is 0.368. The van der Waals surface area contributed by atoms with Gasteiger partial charge in [0.05, 0.1) is 23.3 Å². The molecule has 7 heteroatoms. The number of aromatic amines is 1. The summed E-state index contributed by atoms with van der Waals surface area (Å²) in [5.41, 5.74) is 4.51. The van der Waals surface area contributed by atoms with Gasteiger partial charge in [0.1, 0.15) is 5.75 Å². The molecule has 0 bridgehead atoms. The fourth-order valence-corrected chi connectivity index (χ4v) is 3.75. The lowest BCUT2D eigenvalue weighted by molar-refractivity contribution is 0.172. The van der Waals surface area contributed by atoms with Crippen LogP contribution in [0.4, 0.5) is 0 Å². The Bertz CT molecular complexity index is 882. The molecule has 1 unspecified atom stereocenters. The Morgan fingerprint density at radius 1 is 1.19 bits per heavy atom. The summed E-state index contributed by atoms with van der Waals surface area (Å²) in [6.45, 7) is 5.19. The number of hydrogen-bond donors (Lipinski definition) is 1. The van der Waals surface area contributed by atoms with Crippen LogP contribution >= 0.6 is 0 Å². The number of aromatic nitrogens is 3. The summed E-state index contributed by atoms with van der Waals surface area (Å²) in [4.78, 5) is 12.0. The smallest absolute Gasteiger partial charge is 0.322 e. The average molecular weight is 373 g/mol. The first-order chi connectivity index (χ1) is 12.6. The van der Waals surface area contributed by atoms with Crippen LogP contribution in [0.3, 0.4) is 0 Å². The van der Waals surface area contributed by atoms with Gasteiger partial charge in [0.25, 0.3) is 0 Å². The van der Waals surface area contributed by atoms with E-state index in [4.69, 9.17) is 9.47 Å². The Morgan fingerprint density at radius 3 is 2.85 bits per heavy atom. The SMILES string of the molecule is COCCCOc1ccnc(C[S+]([O-])c2nc3ccc(C)cc3[nH]2)c1C. The molecule has 0 amide bonds. The number of nitrogens with one attached hydrogen (secondary N) is 1. The number of aryl methyl sites for hydroxylation is 1. The van der Waals surface area contributed by atoms with Gasteiger partial charge >= 0.3 is 5.16 Å². The lowest BCUT2D eigenvalue weighted by Gasteiger charge is -2.12. The highest BCUT2D eigenvalue weighted by Crippen LogP contribution is 2.24. The molecule has 0 fully saturated rings. The Hall–Kier alpha value is -2.09. The molecule has 138 valence electrons. The maximum atomic E-state index is 12.8. The molecule has 26 heavy (non-hydrogen) atoms. The summed E-state index contributed by atoms with van der Waals surface area (Å²) in [6, 6.07) is 7.76. The van der Waals surface area contributed by atoms with E-state index in [0.29, 0.717) is 24.1 Å². The topological polar surface area (TPSA) is 83.1 Å². The predicted octanol–water partition coefficient (Wildman–Crippen LogP) is 3.30. The van der Waals surface area contributed by atoms with Crippen LogP contribution in [0.2, 0.25) is 0 Å². The van der Waals surface area contributed by atoms with Crippen LogP contribution in [-0.4, -0.2) is 39.8 Å². The van der Waals surface area contributed by atoms with Crippen LogP contribution in [0.5, 0.6) is 5.75 Å². The van der Waals surface area contributed by atoms with Crippen molar-refractivity contribution in [3.63, 3.8) is 0 Å². The molecule has 0 aliphatic rings. The molecule has 0 spiro atoms. The van der Waals surface area contributed by atoms with Crippen molar-refractivity contribution in [2.24, 2.45) is 0 Å². The molecule has 6 nitrogen and oxygen atoms in total. The first kappa shape index (κ1) is 18.7. The monoisotopic (exact) mass is 373 g/mol. The average Bonchev–Trinajstić information content (AvgIpc) is 3.05. The highest BCUT2D eigenvalue weighted by molar-refractivity contribution is 7.90. The highest BCUT2D eigenvalue weighted by Gasteiger charge is 2.20. The predicted molar refractivity (Wildman–Crippen MR) is 102 cm³/mol. The zero-order valence-electron chi connectivity index (χ0n) is 15.2. The van der Waals surface area contributed by atoms with Gasteiger partial charge in [0, 0.05) is 43.1 Å². The molecule has 0 radical (unpaired) electrons. The van der Waals surface area contributed by atoms with Crippen LogP contribution < -0.4 is 4.74 Å². The van der Waals surface area contributed by atoms with Gasteiger partial charge in [0.2, 0.25) is 0 Å². The number of ether oxygens (including phenoxy) is 2. The van der Waals surface area contributed by atoms with E-state index in [0.717, 1.165) is 40.0 Å². The molecule has 2 heterocycles. The van der Waals surface area contributed by atoms with Crippen LogP contribution in [0.1, 0.15) is 23.2 Å². The second-order valence-corrected chi connectivity index (χ2v) is 7.49. The number of hydrogen-bond acceptors (Lipinski definition) is 5. The third-order valence-corrected chi connectivity index (χ3v) is 5.27. The number of pyridine rings is 1. The van der Waals surface area contributed by atoms with Crippen LogP contribution in [0.25, 0.3) is 11.0 Å². The molecular weight excluding hydrogens is 350 g/mol. The van der Waals surface area contributed by atoms with E-state index in [1.165, 1.54) is 0 Å². The van der Waals surface area contributed by atoms with Gasteiger partial charge in [-0.2, -0.15) is 4.98 Å². The number of nitrogens with zero attached hydrogens (tertiary/aromatic N) is 2. The number of benzene rings is 1. The molecule has 0 saturated carbocycles. The first-order valence-corrected chi connectivity index (χ1v) is 9.81. The van der Waals surface area contributed by atoms with Crippen molar-refractivity contribution in [1.82, 2.24) is 15.0 Å². The van der Waals surface area contributed by atoms with Gasteiger partial charge in [-0.05, 0) is 37.6 Å². The number of rotatable bonds is 8. The number of H-pyrrole nitrogens is 1. The van der Waals surface area contributed by atoms with Crippen LogP contribution in [0, 0.1) is 13.8 Å². The van der Waals surface area contributed by atoms with Crippen molar-refractivity contribution >= 4 is 22.2 Å². The van der Waals surface area contributed by atoms with E-state index in [1.54, 1.807) is 13.3 Å². The van der Waals surface area contributed by atoms with Crippen molar-refractivity contribution in [3.8, 4) is 5.75 Å². The van der Waals surface area contributed by atoms with Crippen molar-refractivity contribution in [3.05, 3.63) is 47.3 Å². The van der Waals surface area contributed by atoms with Gasteiger partial charge in [-0.1, -0.05) is 6.07 Å². The van der Waals surface area contributed by atoms with Gasteiger partial charge in [-0.25, -0.2) is 0 Å². The van der Waals surface area contributed by atoms with Gasteiger partial charge in [-0.3, -0.25) is 9.97 Å². The molecule has 0 aliphatic heterocycles. The lowest BCUT2D eigenvalue weighted by Crippen LogP contribution is -2.10.